The lowest BCUT2D eigenvalue weighted by atomic mass is 10.7. The second-order valence-corrected chi connectivity index (χ2v) is 108. The first-order valence-electron chi connectivity index (χ1n) is 19.6. The summed E-state index contributed by atoms with van der Waals surface area (Å²) in [5.74, 6) is -3.16. The average Bonchev–Trinajstić information content (AvgIpc) is 3.20. The maximum absolute atomic E-state index is 6.14. The number of hydrogen-bond acceptors (Lipinski definition) is 15. The van der Waals surface area contributed by atoms with Gasteiger partial charge in [0, 0.05) is 106 Å². The van der Waals surface area contributed by atoms with Crippen molar-refractivity contribution in [2.24, 2.45) is 0 Å². The molecule has 0 aromatic rings. The maximum Gasteiger partial charge on any atom is 0.508 e. The lowest BCUT2D eigenvalue weighted by molar-refractivity contribution is 0.0929. The summed E-state index contributed by atoms with van der Waals surface area (Å²) >= 11 is 67.1. The first kappa shape index (κ1) is 85.2. The Bertz CT molecular complexity index is 1250. The van der Waals surface area contributed by atoms with Gasteiger partial charge < -0.3 is 66.4 Å². The predicted molar refractivity (Wildman–Crippen MR) is 353 cm³/mol. The molecule has 2 atom stereocenters. The smallest absolute Gasteiger partial charge is 0.457 e. The minimum Gasteiger partial charge on any atom is -0.457 e. The highest BCUT2D eigenvalue weighted by molar-refractivity contribution is 14.1. The minimum atomic E-state index is -2.93. The quantitative estimate of drug-likeness (QED) is 0.0273. The van der Waals surface area contributed by atoms with Crippen LogP contribution in [-0.4, -0.2) is 194 Å². The van der Waals surface area contributed by atoms with Gasteiger partial charge >= 0.3 is 55.1 Å². The Hall–Kier alpha value is 7.41. The highest BCUT2D eigenvalue weighted by Gasteiger charge is 2.53. The molecule has 45 heteroatoms. The third-order valence-electron chi connectivity index (χ3n) is 6.41. The lowest BCUT2D eigenvalue weighted by Gasteiger charge is -2.30. The van der Waals surface area contributed by atoms with Crippen molar-refractivity contribution in [2.75, 3.05) is 96.0 Å². The van der Waals surface area contributed by atoms with Gasteiger partial charge in [0.2, 0.25) is 7.60 Å². The average molecular weight is 1860 g/mol. The fraction of sp³-hybridized carbons (Fsp3) is 0.917. The molecular weight excluding hydrogens is 1800 g/mol. The molecule has 0 amide bonds. The van der Waals surface area contributed by atoms with Gasteiger partial charge in [0.15, 0.2) is 0 Å². The van der Waals surface area contributed by atoms with Crippen molar-refractivity contribution in [2.45, 2.75) is 55.4 Å². The molecule has 15 nitrogen and oxygen atoms in total. The van der Waals surface area contributed by atoms with E-state index in [0.717, 1.165) is 0 Å². The third-order valence-corrected chi connectivity index (χ3v) is 53.3. The molecule has 0 spiro atoms. The first-order chi connectivity index (χ1) is 31.4. The summed E-state index contributed by atoms with van der Waals surface area (Å²) in [7, 11) is -3.11. The van der Waals surface area contributed by atoms with Gasteiger partial charge in [-0.3, -0.25) is 0 Å². The largest absolute Gasteiger partial charge is 0.508 e. The van der Waals surface area contributed by atoms with E-state index >= 15 is 0 Å². The molecule has 0 rings (SSSR count). The maximum atomic E-state index is 6.14. The summed E-state index contributed by atoms with van der Waals surface area (Å²) in [6.45, 7) is 27.3. The Balaban J connectivity index is -0.000000144. The lowest BCUT2D eigenvalue weighted by Crippen LogP contribution is -2.58. The van der Waals surface area contributed by atoms with Gasteiger partial charge in [0.1, 0.15) is 0 Å². The van der Waals surface area contributed by atoms with Crippen LogP contribution in [0.3, 0.4) is 0 Å². The predicted octanol–water partition coefficient (Wildman–Crippen LogP) is 10.9. The standard InChI is InChI=1S/C6H15BBr3O3Si2.C6H11BBrClIO3Si2.C6H15BCl3O3Si2.C3H9BBr3O3Si2.C3H9BCl3O3Si2.2H2/c1-4-11-15(12-5-2,13-6-3)7-14(8,9)10;1-4-6-13-15(11-3,12-5-2)7-14(8,9)10;1-4-11-15(12-5-2,13-6-3)7-14(8,9)10;2*1-8-12(9-2,10-3)4-11(5,6)7;;/h4-6H2,1-3H3;5H2,1-3H3;4-6H2,1-3H3;2*1-3H3;2*1H. The summed E-state index contributed by atoms with van der Waals surface area (Å²) in [6.07, 6.45) is 2.52. The fourth-order valence-electron chi connectivity index (χ4n) is 4.15. The van der Waals surface area contributed by atoms with Crippen LogP contribution in [0.15, 0.2) is 0 Å². The Morgan fingerprint density at radius 3 is 0.783 bits per heavy atom. The van der Waals surface area contributed by atoms with Gasteiger partial charge in [0.25, 0.3) is 35.7 Å². The van der Waals surface area contributed by atoms with Crippen LogP contribution < -0.4 is 0 Å². The second kappa shape index (κ2) is 44.9. The van der Waals surface area contributed by atoms with E-state index < -0.39 is 66.1 Å². The molecule has 69 heavy (non-hydrogen) atoms. The molecule has 0 aliphatic rings. The zero-order chi connectivity index (χ0) is 55.5. The first-order valence-corrected chi connectivity index (χ1v) is 65.0. The molecule has 0 aliphatic heterocycles. The van der Waals surface area contributed by atoms with Gasteiger partial charge in [-0.05, 0) is 48.5 Å². The minimum absolute atomic E-state index is 0. The molecule has 0 bridgehead atoms. The van der Waals surface area contributed by atoms with E-state index in [4.69, 9.17) is 144 Å². The van der Waals surface area contributed by atoms with Crippen molar-refractivity contribution < 1.29 is 69.2 Å². The van der Waals surface area contributed by atoms with Gasteiger partial charge in [-0.15, -0.1) is 185 Å². The third kappa shape index (κ3) is 48.6. The monoisotopic (exact) mass is 1850 g/mol. The summed E-state index contributed by atoms with van der Waals surface area (Å²) in [5.41, 5.74) is 0. The van der Waals surface area contributed by atoms with Crippen molar-refractivity contribution >= 4 is 305 Å². The molecule has 0 fully saturated rings. The van der Waals surface area contributed by atoms with Gasteiger partial charge in [-0.2, -0.15) is 0 Å². The highest BCUT2D eigenvalue weighted by Crippen LogP contribution is 2.31. The van der Waals surface area contributed by atoms with Crippen molar-refractivity contribution in [1.82, 2.24) is 0 Å². The normalized spacial score (nSPS) is 14.1. The van der Waals surface area contributed by atoms with Crippen LogP contribution in [0.4, 0.5) is 0 Å². The second-order valence-electron chi connectivity index (χ2n) is 11.4. The molecule has 0 aliphatic carbocycles. The van der Waals surface area contributed by atoms with Gasteiger partial charge in [0.05, 0.1) is 6.11 Å². The molecule has 2 unspecified atom stereocenters. The van der Waals surface area contributed by atoms with E-state index in [1.54, 1.807) is 41.2 Å². The number of rotatable bonds is 32. The van der Waals surface area contributed by atoms with E-state index in [0.29, 0.717) is 46.2 Å². The highest BCUT2D eigenvalue weighted by atomic mass is 127. The molecule has 0 aromatic heterocycles. The zero-order valence-corrected chi connectivity index (χ0v) is 69.2. The summed E-state index contributed by atoms with van der Waals surface area (Å²) in [4.78, 5) is 0. The van der Waals surface area contributed by atoms with Crippen molar-refractivity contribution in [1.29, 1.82) is 0 Å². The van der Waals surface area contributed by atoms with Crippen LogP contribution in [0, 0.1) is 12.0 Å². The van der Waals surface area contributed by atoms with E-state index in [-0.39, 0.29) is 2.85 Å². The molecule has 0 saturated heterocycles. The molecule has 0 aromatic carbocycles. The zero-order valence-electron chi connectivity index (χ0n) is 40.6. The fourth-order valence-corrected chi connectivity index (χ4v) is 52.4. The molecular formula is C24H63B5Br7Cl7IO15Si10. The molecule has 0 heterocycles. The SMILES string of the molecule is CC#CO[Si]([B][Si](Cl)(Br)I)(OC)OCC.CCO[Si]([B][Si](Br)(Br)Br)(OCC)OCC.CCO[Si]([B][Si](Cl)(Cl)Cl)(OCC)OCC.CO[Si]([B][Si](Br)(Br)Br)(OC)OC.CO[Si]([B][Si](Cl)(Cl)Cl)(OC)OC.[HH].[HH]. The van der Waals surface area contributed by atoms with E-state index in [9.17, 15) is 0 Å². The van der Waals surface area contributed by atoms with E-state index in [2.05, 4.69) is 141 Å². The van der Waals surface area contributed by atoms with Crippen LogP contribution in [0.1, 0.15) is 58.2 Å². The summed E-state index contributed by atoms with van der Waals surface area (Å²) in [5, 5.41) is 0. The number of halogens is 15. The Labute approximate surface area is 529 Å². The number of hydrogen-bond donors (Lipinski definition) is 0. The van der Waals surface area contributed by atoms with Crippen LogP contribution >= 0.6 is 206 Å². The van der Waals surface area contributed by atoms with Crippen molar-refractivity contribution in [3.8, 4) is 12.0 Å². The van der Waals surface area contributed by atoms with Gasteiger partial charge in [-0.1, -0.05) is 27.7 Å². The topological polar surface area (TPSA) is 138 Å². The Morgan fingerprint density at radius 2 is 0.609 bits per heavy atom. The van der Waals surface area contributed by atoms with Crippen LogP contribution in [0.25, 0.3) is 0 Å². The van der Waals surface area contributed by atoms with Crippen LogP contribution in [0.2, 0.25) is 0 Å². The van der Waals surface area contributed by atoms with E-state index in [1.807, 2.05) is 61.4 Å². The molecule has 409 valence electrons. The van der Waals surface area contributed by atoms with Gasteiger partial charge in [-0.25, -0.2) is 0 Å². The molecule has 0 saturated carbocycles. The van der Waals surface area contributed by atoms with Crippen LogP contribution in [0.5, 0.6) is 0 Å². The van der Waals surface area contributed by atoms with Crippen LogP contribution in [-0.2, 0) is 66.4 Å². The van der Waals surface area contributed by atoms with Crippen molar-refractivity contribution in [3.05, 3.63) is 0 Å². The molecule has 5 radical (unpaired) electrons. The van der Waals surface area contributed by atoms with E-state index in [1.165, 1.54) is 34.9 Å². The van der Waals surface area contributed by atoms with Crippen molar-refractivity contribution in [3.63, 3.8) is 0 Å². The summed E-state index contributed by atoms with van der Waals surface area (Å²) < 4.78 is 74.5. The Kier molecular flexibility index (Phi) is 55.5. The summed E-state index contributed by atoms with van der Waals surface area (Å²) in [6, 6.07) is 0. The molecule has 0 N–H and O–H groups in total. The Morgan fingerprint density at radius 1 is 0.391 bits per heavy atom.